The lowest BCUT2D eigenvalue weighted by Crippen LogP contribution is -2.45. The fourth-order valence-corrected chi connectivity index (χ4v) is 1.37. The second-order valence-electron chi connectivity index (χ2n) is 4.56. The number of aliphatic hydroxyl groups excluding tert-OH is 2. The van der Waals surface area contributed by atoms with Crippen LogP contribution in [-0.4, -0.2) is 35.1 Å². The number of hydrogen-bond donors (Lipinski definition) is 2. The highest BCUT2D eigenvalue weighted by molar-refractivity contribution is 4.84. The maximum atomic E-state index is 9.38. The molecular weight excluding hydrogens is 156 g/mol. The predicted molar refractivity (Wildman–Crippen MR) is 45.8 cm³/mol. The molecule has 1 aliphatic heterocycles. The average molecular weight is 174 g/mol. The molecule has 0 bridgehead atoms. The predicted octanol–water partition coefficient (Wildman–Crippen LogP) is 0.543. The van der Waals surface area contributed by atoms with Crippen LogP contribution in [0.5, 0.6) is 0 Å². The van der Waals surface area contributed by atoms with Crippen LogP contribution in [0.4, 0.5) is 0 Å². The van der Waals surface area contributed by atoms with E-state index in [1.807, 2.05) is 0 Å². The molecule has 0 aromatic rings. The molecule has 0 saturated carbocycles. The summed E-state index contributed by atoms with van der Waals surface area (Å²) in [6.07, 6.45) is -0.743. The zero-order valence-corrected chi connectivity index (χ0v) is 7.95. The molecule has 0 amide bonds. The summed E-state index contributed by atoms with van der Waals surface area (Å²) in [6.45, 7) is 6.47. The summed E-state index contributed by atoms with van der Waals surface area (Å²) in [5.41, 5.74) is 0.0428. The number of aliphatic hydroxyl groups is 2. The molecule has 3 atom stereocenters. The fourth-order valence-electron chi connectivity index (χ4n) is 1.37. The van der Waals surface area contributed by atoms with Gasteiger partial charge in [-0.2, -0.15) is 0 Å². The van der Waals surface area contributed by atoms with E-state index in [0.717, 1.165) is 0 Å². The first-order valence-electron chi connectivity index (χ1n) is 4.39. The third-order valence-electron chi connectivity index (χ3n) is 2.33. The molecule has 1 aliphatic rings. The van der Waals surface area contributed by atoms with Crippen molar-refractivity contribution in [2.75, 3.05) is 6.61 Å². The highest BCUT2D eigenvalue weighted by Gasteiger charge is 2.34. The molecule has 1 saturated heterocycles. The molecule has 0 aliphatic carbocycles. The molecule has 2 N–H and O–H groups in total. The number of hydrogen-bond acceptors (Lipinski definition) is 3. The Morgan fingerprint density at radius 3 is 2.17 bits per heavy atom. The topological polar surface area (TPSA) is 49.7 Å². The normalized spacial score (nSPS) is 38.2. The first-order valence-corrected chi connectivity index (χ1v) is 4.39. The molecule has 3 heteroatoms. The highest BCUT2D eigenvalue weighted by atomic mass is 16.5. The van der Waals surface area contributed by atoms with Crippen molar-refractivity contribution in [3.05, 3.63) is 0 Å². The van der Waals surface area contributed by atoms with Crippen LogP contribution in [0.2, 0.25) is 0 Å². The lowest BCUT2D eigenvalue weighted by atomic mass is 9.83. The smallest absolute Gasteiger partial charge is 0.103 e. The van der Waals surface area contributed by atoms with Gasteiger partial charge in [-0.05, 0) is 5.41 Å². The number of rotatable bonds is 0. The van der Waals surface area contributed by atoms with Gasteiger partial charge in [0.2, 0.25) is 0 Å². The van der Waals surface area contributed by atoms with Crippen molar-refractivity contribution in [2.45, 2.75) is 45.5 Å². The van der Waals surface area contributed by atoms with Crippen molar-refractivity contribution in [3.63, 3.8) is 0 Å². The van der Waals surface area contributed by atoms with Gasteiger partial charge in [0, 0.05) is 6.42 Å². The van der Waals surface area contributed by atoms with Crippen LogP contribution in [0.15, 0.2) is 0 Å². The van der Waals surface area contributed by atoms with E-state index >= 15 is 0 Å². The van der Waals surface area contributed by atoms with Crippen LogP contribution < -0.4 is 0 Å². The largest absolute Gasteiger partial charge is 0.390 e. The Morgan fingerprint density at radius 2 is 1.75 bits per heavy atom. The standard InChI is InChI=1S/C9H18O3/c1-9(2,3)8-4-6(10)7(11)5-12-8/h6-8,10-11H,4-5H2,1-3H3/t6-,7+,8-/m1/s1. The van der Waals surface area contributed by atoms with Crippen molar-refractivity contribution < 1.29 is 14.9 Å². The third kappa shape index (κ3) is 2.19. The molecule has 0 spiro atoms. The zero-order valence-electron chi connectivity index (χ0n) is 7.95. The van der Waals surface area contributed by atoms with Gasteiger partial charge >= 0.3 is 0 Å². The molecule has 0 aromatic heterocycles. The van der Waals surface area contributed by atoms with Crippen LogP contribution in [-0.2, 0) is 4.74 Å². The molecule has 3 nitrogen and oxygen atoms in total. The summed E-state index contributed by atoms with van der Waals surface area (Å²) in [6, 6.07) is 0. The summed E-state index contributed by atoms with van der Waals surface area (Å²) < 4.78 is 5.42. The van der Waals surface area contributed by atoms with Crippen molar-refractivity contribution >= 4 is 0 Å². The fraction of sp³-hybridized carbons (Fsp3) is 1.00. The Morgan fingerprint density at radius 1 is 1.17 bits per heavy atom. The Bertz CT molecular complexity index is 150. The SMILES string of the molecule is CC(C)(C)[C@H]1C[C@@H](O)[C@@H](O)CO1. The molecule has 72 valence electrons. The van der Waals surface area contributed by atoms with E-state index in [-0.39, 0.29) is 18.1 Å². The van der Waals surface area contributed by atoms with Crippen LogP contribution in [0.1, 0.15) is 27.2 Å². The van der Waals surface area contributed by atoms with E-state index < -0.39 is 12.2 Å². The van der Waals surface area contributed by atoms with Crippen molar-refractivity contribution in [3.8, 4) is 0 Å². The van der Waals surface area contributed by atoms with Gasteiger partial charge in [-0.1, -0.05) is 20.8 Å². The number of ether oxygens (including phenoxy) is 1. The second-order valence-corrected chi connectivity index (χ2v) is 4.56. The van der Waals surface area contributed by atoms with Crippen LogP contribution in [0.25, 0.3) is 0 Å². The molecule has 0 unspecified atom stereocenters. The van der Waals surface area contributed by atoms with E-state index in [0.29, 0.717) is 6.42 Å². The van der Waals surface area contributed by atoms with Gasteiger partial charge in [-0.3, -0.25) is 0 Å². The Kier molecular flexibility index (Phi) is 2.76. The van der Waals surface area contributed by atoms with E-state index in [9.17, 15) is 10.2 Å². The minimum absolute atomic E-state index is 0.0428. The maximum Gasteiger partial charge on any atom is 0.103 e. The molecule has 1 heterocycles. The van der Waals surface area contributed by atoms with Crippen LogP contribution >= 0.6 is 0 Å². The summed E-state index contributed by atoms with van der Waals surface area (Å²) in [7, 11) is 0. The maximum absolute atomic E-state index is 9.38. The van der Waals surface area contributed by atoms with Crippen LogP contribution in [0, 0.1) is 5.41 Å². The van der Waals surface area contributed by atoms with Gasteiger partial charge in [-0.15, -0.1) is 0 Å². The van der Waals surface area contributed by atoms with E-state index in [2.05, 4.69) is 20.8 Å². The highest BCUT2D eigenvalue weighted by Crippen LogP contribution is 2.29. The van der Waals surface area contributed by atoms with Gasteiger partial charge in [0.15, 0.2) is 0 Å². The van der Waals surface area contributed by atoms with Crippen molar-refractivity contribution in [2.24, 2.45) is 5.41 Å². The lowest BCUT2D eigenvalue weighted by Gasteiger charge is -2.37. The molecule has 1 rings (SSSR count). The summed E-state index contributed by atoms with van der Waals surface area (Å²) in [4.78, 5) is 0. The third-order valence-corrected chi connectivity index (χ3v) is 2.33. The van der Waals surface area contributed by atoms with Crippen molar-refractivity contribution in [1.82, 2.24) is 0 Å². The minimum atomic E-state index is -0.705. The Labute approximate surface area is 73.4 Å². The summed E-state index contributed by atoms with van der Waals surface area (Å²) in [5, 5.41) is 18.6. The minimum Gasteiger partial charge on any atom is -0.390 e. The van der Waals surface area contributed by atoms with Gasteiger partial charge in [-0.25, -0.2) is 0 Å². The molecule has 0 radical (unpaired) electrons. The zero-order chi connectivity index (χ0) is 9.35. The average Bonchev–Trinajstić information content (AvgIpc) is 1.92. The van der Waals surface area contributed by atoms with E-state index in [1.165, 1.54) is 0 Å². The Balaban J connectivity index is 2.51. The summed E-state index contributed by atoms with van der Waals surface area (Å²) in [5.74, 6) is 0. The summed E-state index contributed by atoms with van der Waals surface area (Å²) >= 11 is 0. The van der Waals surface area contributed by atoms with Gasteiger partial charge in [0.25, 0.3) is 0 Å². The lowest BCUT2D eigenvalue weighted by molar-refractivity contribution is -0.148. The van der Waals surface area contributed by atoms with Crippen LogP contribution in [0.3, 0.4) is 0 Å². The first-order chi connectivity index (χ1) is 5.41. The van der Waals surface area contributed by atoms with E-state index in [4.69, 9.17) is 4.74 Å². The van der Waals surface area contributed by atoms with Gasteiger partial charge in [0.05, 0.1) is 18.8 Å². The molecular formula is C9H18O3. The van der Waals surface area contributed by atoms with Crippen molar-refractivity contribution in [1.29, 1.82) is 0 Å². The van der Waals surface area contributed by atoms with E-state index in [1.54, 1.807) is 0 Å². The quantitative estimate of drug-likeness (QED) is 0.563. The first kappa shape index (κ1) is 9.96. The molecule has 0 aromatic carbocycles. The van der Waals surface area contributed by atoms with Gasteiger partial charge < -0.3 is 14.9 Å². The second kappa shape index (κ2) is 3.32. The monoisotopic (exact) mass is 174 g/mol. The Hall–Kier alpha value is -0.120. The molecule has 12 heavy (non-hydrogen) atoms. The van der Waals surface area contributed by atoms with Gasteiger partial charge in [0.1, 0.15) is 6.10 Å². The molecule has 1 fully saturated rings.